The Labute approximate surface area is 145 Å². The Balaban J connectivity index is 1.61. The fourth-order valence-corrected chi connectivity index (χ4v) is 3.23. The predicted molar refractivity (Wildman–Crippen MR) is 93.8 cm³/mol. The maximum atomic E-state index is 12.1. The fraction of sp³-hybridized carbons (Fsp3) is 0.444. The predicted octanol–water partition coefficient (Wildman–Crippen LogP) is 1.38. The van der Waals surface area contributed by atoms with Crippen molar-refractivity contribution >= 4 is 22.6 Å². The molecule has 0 bridgehead atoms. The minimum Gasteiger partial charge on any atom is -0.345 e. The third-order valence-electron chi connectivity index (χ3n) is 4.59. The molecule has 1 saturated carbocycles. The lowest BCUT2D eigenvalue weighted by atomic mass is 10.1. The van der Waals surface area contributed by atoms with Gasteiger partial charge in [-0.1, -0.05) is 43.9 Å². The minimum atomic E-state index is -0.679. The smallest absolute Gasteiger partial charge is 0.309 e. The summed E-state index contributed by atoms with van der Waals surface area (Å²) in [6.45, 7) is 0.0776. The summed E-state index contributed by atoms with van der Waals surface area (Å²) in [5.74, 6) is -1.29. The zero-order valence-corrected chi connectivity index (χ0v) is 14.0. The summed E-state index contributed by atoms with van der Waals surface area (Å²) in [5.41, 5.74) is 0.239. The molecule has 2 aromatic rings. The maximum Gasteiger partial charge on any atom is 0.309 e. The van der Waals surface area contributed by atoms with Gasteiger partial charge in [0.2, 0.25) is 0 Å². The van der Waals surface area contributed by atoms with Crippen LogP contribution in [0.25, 0.3) is 10.8 Å². The number of aromatic nitrogens is 2. The zero-order valence-electron chi connectivity index (χ0n) is 14.0. The lowest BCUT2D eigenvalue weighted by Crippen LogP contribution is -2.44. The maximum absolute atomic E-state index is 12.1. The number of amides is 2. The number of rotatable bonds is 3. The molecular weight excluding hydrogens is 320 g/mol. The summed E-state index contributed by atoms with van der Waals surface area (Å²) < 4.78 is 0. The van der Waals surface area contributed by atoms with Crippen LogP contribution in [-0.4, -0.2) is 28.1 Å². The Morgan fingerprint density at radius 1 is 1.04 bits per heavy atom. The highest BCUT2D eigenvalue weighted by Crippen LogP contribution is 2.17. The normalized spacial score (nSPS) is 15.5. The molecule has 132 valence electrons. The first-order chi connectivity index (χ1) is 12.1. The standard InChI is InChI=1S/C18H22N4O3/c23-16-14-10-6-5-9-13(14)15(21-22-16)11-19-17(24)18(25)20-12-7-3-1-2-4-8-12/h5-6,9-10,12H,1-4,7-8,11H2,(H,19,24)(H,20,25)(H,22,23). The second-order valence-electron chi connectivity index (χ2n) is 6.39. The lowest BCUT2D eigenvalue weighted by Gasteiger charge is -2.15. The number of carbonyl (C=O) groups is 2. The summed E-state index contributed by atoms with van der Waals surface area (Å²) in [6.07, 6.45) is 6.38. The summed E-state index contributed by atoms with van der Waals surface area (Å²) in [7, 11) is 0. The Morgan fingerprint density at radius 2 is 1.72 bits per heavy atom. The molecule has 0 aliphatic heterocycles. The van der Waals surface area contributed by atoms with E-state index in [1.54, 1.807) is 24.3 Å². The summed E-state index contributed by atoms with van der Waals surface area (Å²) >= 11 is 0. The number of aromatic amines is 1. The van der Waals surface area contributed by atoms with Gasteiger partial charge in [-0.05, 0) is 18.9 Å². The Hall–Kier alpha value is -2.70. The van der Waals surface area contributed by atoms with Crippen molar-refractivity contribution < 1.29 is 9.59 Å². The number of fused-ring (bicyclic) bond motifs is 1. The molecule has 0 radical (unpaired) electrons. The number of benzene rings is 1. The molecule has 3 N–H and O–H groups in total. The molecule has 0 saturated heterocycles. The molecule has 1 aromatic carbocycles. The van der Waals surface area contributed by atoms with E-state index < -0.39 is 11.8 Å². The van der Waals surface area contributed by atoms with Crippen molar-refractivity contribution in [2.45, 2.75) is 51.1 Å². The van der Waals surface area contributed by atoms with Gasteiger partial charge < -0.3 is 10.6 Å². The molecule has 1 aromatic heterocycles. The van der Waals surface area contributed by atoms with E-state index in [2.05, 4.69) is 20.8 Å². The van der Waals surface area contributed by atoms with Gasteiger partial charge in [-0.3, -0.25) is 14.4 Å². The van der Waals surface area contributed by atoms with Crippen LogP contribution in [0.3, 0.4) is 0 Å². The molecule has 25 heavy (non-hydrogen) atoms. The van der Waals surface area contributed by atoms with E-state index in [1.165, 1.54) is 12.8 Å². The topological polar surface area (TPSA) is 104 Å². The van der Waals surface area contributed by atoms with Crippen molar-refractivity contribution in [3.8, 4) is 0 Å². The molecule has 3 rings (SSSR count). The van der Waals surface area contributed by atoms with Crippen molar-refractivity contribution in [3.63, 3.8) is 0 Å². The summed E-state index contributed by atoms with van der Waals surface area (Å²) in [6, 6.07) is 7.10. The third-order valence-corrected chi connectivity index (χ3v) is 4.59. The van der Waals surface area contributed by atoms with E-state index in [-0.39, 0.29) is 18.1 Å². The molecule has 1 aliphatic rings. The largest absolute Gasteiger partial charge is 0.345 e. The molecule has 1 heterocycles. The van der Waals surface area contributed by atoms with Crippen LogP contribution in [0.2, 0.25) is 0 Å². The van der Waals surface area contributed by atoms with Crippen LogP contribution >= 0.6 is 0 Å². The molecule has 0 spiro atoms. The van der Waals surface area contributed by atoms with Gasteiger partial charge in [0.1, 0.15) is 0 Å². The average Bonchev–Trinajstić information content (AvgIpc) is 2.90. The van der Waals surface area contributed by atoms with E-state index in [9.17, 15) is 14.4 Å². The van der Waals surface area contributed by atoms with Crippen molar-refractivity contribution in [3.05, 3.63) is 40.3 Å². The van der Waals surface area contributed by atoms with Crippen LogP contribution < -0.4 is 16.2 Å². The fourth-order valence-electron chi connectivity index (χ4n) is 3.23. The van der Waals surface area contributed by atoms with Crippen LogP contribution in [0, 0.1) is 0 Å². The van der Waals surface area contributed by atoms with Gasteiger partial charge in [0.25, 0.3) is 5.56 Å². The highest BCUT2D eigenvalue weighted by atomic mass is 16.2. The van der Waals surface area contributed by atoms with E-state index >= 15 is 0 Å². The summed E-state index contributed by atoms with van der Waals surface area (Å²) in [5, 5.41) is 13.0. The number of H-pyrrole nitrogens is 1. The molecule has 7 nitrogen and oxygen atoms in total. The van der Waals surface area contributed by atoms with Crippen LogP contribution in [0.5, 0.6) is 0 Å². The van der Waals surface area contributed by atoms with Crippen molar-refractivity contribution in [1.29, 1.82) is 0 Å². The van der Waals surface area contributed by atoms with E-state index in [0.717, 1.165) is 25.7 Å². The molecule has 1 aliphatic carbocycles. The Kier molecular flexibility index (Phi) is 5.42. The number of nitrogens with zero attached hydrogens (tertiary/aromatic N) is 1. The Bertz CT molecular complexity index is 822. The van der Waals surface area contributed by atoms with Gasteiger partial charge in [0.15, 0.2) is 0 Å². The first kappa shape index (κ1) is 17.1. The number of nitrogens with one attached hydrogen (secondary N) is 3. The second-order valence-corrected chi connectivity index (χ2v) is 6.39. The monoisotopic (exact) mass is 342 g/mol. The third kappa shape index (κ3) is 4.23. The quantitative estimate of drug-likeness (QED) is 0.579. The van der Waals surface area contributed by atoms with Crippen LogP contribution in [0.15, 0.2) is 29.1 Å². The SMILES string of the molecule is O=C(NCc1n[nH]c(=O)c2ccccc12)C(=O)NC1CCCCCC1. The van der Waals surface area contributed by atoms with Gasteiger partial charge in [-0.2, -0.15) is 5.10 Å². The molecule has 0 atom stereocenters. The van der Waals surface area contributed by atoms with Gasteiger partial charge in [0, 0.05) is 11.4 Å². The first-order valence-corrected chi connectivity index (χ1v) is 8.70. The Morgan fingerprint density at radius 3 is 2.44 bits per heavy atom. The van der Waals surface area contributed by atoms with E-state index in [0.29, 0.717) is 16.5 Å². The van der Waals surface area contributed by atoms with Crippen molar-refractivity contribution in [1.82, 2.24) is 20.8 Å². The minimum absolute atomic E-state index is 0.0767. The molecule has 1 fully saturated rings. The van der Waals surface area contributed by atoms with Crippen molar-refractivity contribution in [2.24, 2.45) is 0 Å². The van der Waals surface area contributed by atoms with E-state index in [1.807, 2.05) is 0 Å². The molecule has 0 unspecified atom stereocenters. The van der Waals surface area contributed by atoms with Gasteiger partial charge >= 0.3 is 11.8 Å². The zero-order chi connectivity index (χ0) is 17.6. The number of hydrogen-bond acceptors (Lipinski definition) is 4. The first-order valence-electron chi connectivity index (χ1n) is 8.70. The number of hydrogen-bond donors (Lipinski definition) is 3. The van der Waals surface area contributed by atoms with Crippen molar-refractivity contribution in [2.75, 3.05) is 0 Å². The molecule has 7 heteroatoms. The lowest BCUT2D eigenvalue weighted by molar-refractivity contribution is -0.139. The summed E-state index contributed by atoms with van der Waals surface area (Å²) in [4.78, 5) is 35.9. The highest BCUT2D eigenvalue weighted by Gasteiger charge is 2.20. The van der Waals surface area contributed by atoms with Gasteiger partial charge in [-0.25, -0.2) is 5.10 Å². The van der Waals surface area contributed by atoms with Crippen LogP contribution in [0.1, 0.15) is 44.2 Å². The van der Waals surface area contributed by atoms with Crippen LogP contribution in [-0.2, 0) is 16.1 Å². The van der Waals surface area contributed by atoms with E-state index in [4.69, 9.17) is 0 Å². The second kappa shape index (κ2) is 7.92. The number of carbonyl (C=O) groups excluding carboxylic acids is 2. The molecular formula is C18H22N4O3. The molecule has 2 amide bonds. The van der Waals surface area contributed by atoms with Gasteiger partial charge in [0.05, 0.1) is 17.6 Å². The van der Waals surface area contributed by atoms with Crippen LogP contribution in [0.4, 0.5) is 0 Å². The van der Waals surface area contributed by atoms with Gasteiger partial charge in [-0.15, -0.1) is 0 Å². The average molecular weight is 342 g/mol. The highest BCUT2D eigenvalue weighted by molar-refractivity contribution is 6.35.